The van der Waals surface area contributed by atoms with Crippen LogP contribution < -0.4 is 10.1 Å². The second-order valence-corrected chi connectivity index (χ2v) is 11.1. The van der Waals surface area contributed by atoms with Crippen molar-refractivity contribution in [1.29, 1.82) is 0 Å². The number of fused-ring (bicyclic) bond motifs is 1. The largest absolute Gasteiger partial charge is 0.496 e. The van der Waals surface area contributed by atoms with Gasteiger partial charge in [0, 0.05) is 12.0 Å². The van der Waals surface area contributed by atoms with Gasteiger partial charge in [-0.3, -0.25) is 10.1 Å². The second-order valence-electron chi connectivity index (χ2n) is 9.12. The molecule has 2 aromatic carbocycles. The average Bonchev–Trinajstić information content (AvgIpc) is 2.94. The number of methoxy groups -OCH3 is 2. The molecule has 0 saturated heterocycles. The molecule has 0 unspecified atom stereocenters. The fourth-order valence-electron chi connectivity index (χ4n) is 4.84. The molecule has 34 heavy (non-hydrogen) atoms. The van der Waals surface area contributed by atoms with Crippen molar-refractivity contribution in [3.8, 4) is 5.75 Å². The van der Waals surface area contributed by atoms with Crippen LogP contribution in [0.2, 0.25) is 0 Å². The normalized spacial score (nSPS) is 21.4. The standard InChI is InChI=1S/C27H37NO5S/c1-5-7-16-27(6-2)19-34(30,31)24-17-21(14-11-15-25(29)33-4)23(32-3)18-22(24)26(28-27)20-12-9-8-10-13-20/h8-10,12-13,17-18,26,28H,5-7,11,14-16,19H2,1-4H3/t26-,27-/m1/s1. The van der Waals surface area contributed by atoms with Crippen molar-refractivity contribution in [3.63, 3.8) is 0 Å². The van der Waals surface area contributed by atoms with Gasteiger partial charge in [0.1, 0.15) is 5.75 Å². The third kappa shape index (κ3) is 5.81. The van der Waals surface area contributed by atoms with Gasteiger partial charge in [-0.25, -0.2) is 8.42 Å². The summed E-state index contributed by atoms with van der Waals surface area (Å²) in [6, 6.07) is 13.4. The van der Waals surface area contributed by atoms with Crippen LogP contribution in [0.25, 0.3) is 0 Å². The summed E-state index contributed by atoms with van der Waals surface area (Å²) >= 11 is 0. The minimum absolute atomic E-state index is 0.0563. The molecule has 1 N–H and O–H groups in total. The average molecular weight is 488 g/mol. The van der Waals surface area contributed by atoms with E-state index in [1.165, 1.54) is 7.11 Å². The number of carbonyl (C=O) groups excluding carboxylic acids is 1. The van der Waals surface area contributed by atoms with Gasteiger partial charge in [-0.2, -0.15) is 0 Å². The third-order valence-corrected chi connectivity index (χ3v) is 8.81. The fourth-order valence-corrected chi connectivity index (χ4v) is 7.01. The minimum Gasteiger partial charge on any atom is -0.496 e. The van der Waals surface area contributed by atoms with Crippen LogP contribution in [-0.4, -0.2) is 39.9 Å². The van der Waals surface area contributed by atoms with E-state index in [-0.39, 0.29) is 24.2 Å². The summed E-state index contributed by atoms with van der Waals surface area (Å²) in [5, 5.41) is 3.78. The quantitative estimate of drug-likeness (QED) is 0.475. The number of hydrogen-bond acceptors (Lipinski definition) is 6. The summed E-state index contributed by atoms with van der Waals surface area (Å²) in [7, 11) is -0.608. The first-order valence-corrected chi connectivity index (χ1v) is 13.8. The van der Waals surface area contributed by atoms with Gasteiger partial charge in [-0.05, 0) is 54.5 Å². The summed E-state index contributed by atoms with van der Waals surface area (Å²) in [6.45, 7) is 4.19. The number of benzene rings is 2. The topological polar surface area (TPSA) is 81.7 Å². The molecule has 0 fully saturated rings. The first-order chi connectivity index (χ1) is 16.3. The number of esters is 1. The Kier molecular flexibility index (Phi) is 8.77. The number of ether oxygens (including phenoxy) is 2. The molecule has 186 valence electrons. The van der Waals surface area contributed by atoms with Gasteiger partial charge in [-0.1, -0.05) is 57.0 Å². The Morgan fingerprint density at radius 3 is 2.47 bits per heavy atom. The van der Waals surface area contributed by atoms with Crippen LogP contribution in [0, 0.1) is 0 Å². The van der Waals surface area contributed by atoms with E-state index in [0.717, 1.165) is 30.4 Å². The van der Waals surface area contributed by atoms with Gasteiger partial charge in [0.05, 0.1) is 30.9 Å². The van der Waals surface area contributed by atoms with Gasteiger partial charge < -0.3 is 9.47 Å². The van der Waals surface area contributed by atoms with E-state index in [9.17, 15) is 13.2 Å². The highest BCUT2D eigenvalue weighted by Gasteiger charge is 2.42. The van der Waals surface area contributed by atoms with Crippen LogP contribution in [0.15, 0.2) is 47.4 Å². The lowest BCUT2D eigenvalue weighted by molar-refractivity contribution is -0.140. The zero-order valence-electron chi connectivity index (χ0n) is 20.7. The van der Waals surface area contributed by atoms with Crippen LogP contribution in [0.3, 0.4) is 0 Å². The first-order valence-electron chi connectivity index (χ1n) is 12.1. The van der Waals surface area contributed by atoms with Crippen LogP contribution in [-0.2, 0) is 25.8 Å². The fraction of sp³-hybridized carbons (Fsp3) is 0.519. The van der Waals surface area contributed by atoms with E-state index in [1.807, 2.05) is 36.4 Å². The number of nitrogens with one attached hydrogen (secondary N) is 1. The molecule has 0 spiro atoms. The van der Waals surface area contributed by atoms with E-state index in [4.69, 9.17) is 9.47 Å². The smallest absolute Gasteiger partial charge is 0.305 e. The lowest BCUT2D eigenvalue weighted by Gasteiger charge is -2.36. The number of carbonyl (C=O) groups is 1. The molecule has 2 aromatic rings. The van der Waals surface area contributed by atoms with Gasteiger partial charge in [0.15, 0.2) is 9.84 Å². The Morgan fingerprint density at radius 2 is 1.85 bits per heavy atom. The monoisotopic (exact) mass is 487 g/mol. The summed E-state index contributed by atoms with van der Waals surface area (Å²) in [6.07, 6.45) is 4.82. The van der Waals surface area contributed by atoms with Crippen molar-refractivity contribution >= 4 is 15.8 Å². The molecule has 0 aliphatic carbocycles. The zero-order valence-corrected chi connectivity index (χ0v) is 21.5. The predicted molar refractivity (Wildman–Crippen MR) is 134 cm³/mol. The lowest BCUT2D eigenvalue weighted by Crippen LogP contribution is -2.50. The molecule has 0 bridgehead atoms. The van der Waals surface area contributed by atoms with Gasteiger partial charge in [0.2, 0.25) is 0 Å². The number of aryl methyl sites for hydroxylation is 1. The molecule has 0 aromatic heterocycles. The SMILES string of the molecule is CCCC[C@]1(CC)CS(=O)(=O)c2cc(CCCC(=O)OC)c(OC)cc2[C@@H](c2ccccc2)N1. The molecule has 7 heteroatoms. The molecule has 1 aliphatic rings. The van der Waals surface area contributed by atoms with Crippen molar-refractivity contribution in [1.82, 2.24) is 5.32 Å². The number of sulfone groups is 1. The predicted octanol–water partition coefficient (Wildman–Crippen LogP) is 5.00. The van der Waals surface area contributed by atoms with E-state index >= 15 is 0 Å². The van der Waals surface area contributed by atoms with Crippen LogP contribution in [0.5, 0.6) is 5.75 Å². The number of rotatable bonds is 10. The van der Waals surface area contributed by atoms with Crippen LogP contribution in [0.4, 0.5) is 0 Å². The molecule has 2 atom stereocenters. The van der Waals surface area contributed by atoms with E-state index in [2.05, 4.69) is 19.2 Å². The van der Waals surface area contributed by atoms with Crippen molar-refractivity contribution in [2.75, 3.05) is 20.0 Å². The molecule has 0 amide bonds. The summed E-state index contributed by atoms with van der Waals surface area (Å²) in [4.78, 5) is 11.9. The van der Waals surface area contributed by atoms with Crippen molar-refractivity contribution < 1.29 is 22.7 Å². The second kappa shape index (κ2) is 11.4. The minimum atomic E-state index is -3.57. The Morgan fingerprint density at radius 1 is 1.12 bits per heavy atom. The molecule has 1 heterocycles. The highest BCUT2D eigenvalue weighted by Crippen LogP contribution is 2.41. The molecule has 1 aliphatic heterocycles. The molecular weight excluding hydrogens is 450 g/mol. The van der Waals surface area contributed by atoms with Gasteiger partial charge in [-0.15, -0.1) is 0 Å². The Balaban J connectivity index is 2.15. The molecule has 6 nitrogen and oxygen atoms in total. The van der Waals surface area contributed by atoms with Crippen LogP contribution in [0.1, 0.15) is 75.1 Å². The zero-order chi connectivity index (χ0) is 24.8. The summed E-state index contributed by atoms with van der Waals surface area (Å²) < 4.78 is 38.1. The Hall–Kier alpha value is -2.38. The highest BCUT2D eigenvalue weighted by atomic mass is 32.2. The summed E-state index contributed by atoms with van der Waals surface area (Å²) in [5.74, 6) is 0.415. The van der Waals surface area contributed by atoms with Crippen molar-refractivity contribution in [2.24, 2.45) is 0 Å². The third-order valence-electron chi connectivity index (χ3n) is 6.85. The van der Waals surface area contributed by atoms with Gasteiger partial charge >= 0.3 is 5.97 Å². The molecule has 0 saturated carbocycles. The number of unbranched alkanes of at least 4 members (excludes halogenated alkanes) is 1. The first kappa shape index (κ1) is 26.2. The van der Waals surface area contributed by atoms with E-state index in [0.29, 0.717) is 35.5 Å². The number of hydrogen-bond donors (Lipinski definition) is 1. The molecule has 3 rings (SSSR count). The van der Waals surface area contributed by atoms with Crippen molar-refractivity contribution in [2.45, 2.75) is 75.3 Å². The summed E-state index contributed by atoms with van der Waals surface area (Å²) in [5.41, 5.74) is 2.01. The molecular formula is C27H37NO5S. The van der Waals surface area contributed by atoms with E-state index in [1.54, 1.807) is 13.2 Å². The van der Waals surface area contributed by atoms with Crippen LogP contribution >= 0.6 is 0 Å². The Bertz CT molecular complexity index is 1080. The highest BCUT2D eigenvalue weighted by molar-refractivity contribution is 7.91. The maximum Gasteiger partial charge on any atom is 0.305 e. The molecule has 0 radical (unpaired) electrons. The maximum absolute atomic E-state index is 13.8. The van der Waals surface area contributed by atoms with E-state index < -0.39 is 15.4 Å². The maximum atomic E-state index is 13.8. The van der Waals surface area contributed by atoms with Crippen molar-refractivity contribution in [3.05, 3.63) is 59.2 Å². The van der Waals surface area contributed by atoms with Gasteiger partial charge in [0.25, 0.3) is 0 Å². The lowest BCUT2D eigenvalue weighted by atomic mass is 9.87. The Labute approximate surface area is 204 Å².